The monoisotopic (exact) mass is 419 g/mol. The fourth-order valence-corrected chi connectivity index (χ4v) is 3.24. The highest BCUT2D eigenvalue weighted by molar-refractivity contribution is 6.30. The molecule has 0 heterocycles. The molecule has 3 aromatic rings. The molecule has 0 unspecified atom stereocenters. The molecule has 0 radical (unpaired) electrons. The predicted octanol–water partition coefficient (Wildman–Crippen LogP) is 6.41. The van der Waals surface area contributed by atoms with Gasteiger partial charge in [0, 0.05) is 5.02 Å². The quantitative estimate of drug-likeness (QED) is 0.415. The summed E-state index contributed by atoms with van der Waals surface area (Å²) in [6, 6.07) is 22.0. The number of esters is 1. The van der Waals surface area contributed by atoms with Gasteiger partial charge in [-0.3, -0.25) is 4.79 Å². The van der Waals surface area contributed by atoms with E-state index in [0.717, 1.165) is 16.7 Å². The van der Waals surface area contributed by atoms with Crippen LogP contribution in [0.2, 0.25) is 5.02 Å². The average Bonchev–Trinajstić information content (AvgIpc) is 2.75. The van der Waals surface area contributed by atoms with Crippen LogP contribution in [0.15, 0.2) is 66.7 Å². The second-order valence-electron chi connectivity index (χ2n) is 7.19. The number of para-hydroxylation sites is 1. The van der Waals surface area contributed by atoms with Crippen LogP contribution >= 0.6 is 11.6 Å². The molecular weight excluding hydrogens is 398 g/mol. The number of hydrogen-bond donors (Lipinski definition) is 0. The first-order valence-corrected chi connectivity index (χ1v) is 10.0. The van der Waals surface area contributed by atoms with Crippen molar-refractivity contribution in [2.75, 3.05) is 0 Å². The molecule has 0 atom stereocenters. The van der Waals surface area contributed by atoms with Crippen LogP contribution in [0.3, 0.4) is 0 Å². The molecule has 0 aromatic heterocycles. The van der Waals surface area contributed by atoms with Crippen molar-refractivity contribution in [2.24, 2.45) is 0 Å². The Morgan fingerprint density at radius 1 is 1.07 bits per heavy atom. The molecule has 3 rings (SSSR count). The van der Waals surface area contributed by atoms with Crippen molar-refractivity contribution in [3.05, 3.63) is 94.0 Å². The van der Waals surface area contributed by atoms with Gasteiger partial charge in [0.2, 0.25) is 0 Å². The molecule has 0 aliphatic heterocycles. The highest BCUT2D eigenvalue weighted by atomic mass is 35.5. The first-order chi connectivity index (χ1) is 14.5. The van der Waals surface area contributed by atoms with Crippen LogP contribution in [0.25, 0.3) is 0 Å². The lowest BCUT2D eigenvalue weighted by Gasteiger charge is -2.13. The third kappa shape index (κ3) is 5.62. The normalized spacial score (nSPS) is 10.5. The Kier molecular flexibility index (Phi) is 7.11. The second kappa shape index (κ2) is 9.96. The number of ether oxygens (including phenoxy) is 2. The van der Waals surface area contributed by atoms with Crippen molar-refractivity contribution in [1.82, 2.24) is 0 Å². The molecular formula is C25H22ClNO3. The molecule has 0 saturated carbocycles. The maximum absolute atomic E-state index is 12.3. The van der Waals surface area contributed by atoms with Crippen LogP contribution in [0.5, 0.6) is 11.5 Å². The van der Waals surface area contributed by atoms with Crippen LogP contribution < -0.4 is 4.74 Å². The third-order valence-corrected chi connectivity index (χ3v) is 4.86. The average molecular weight is 420 g/mol. The van der Waals surface area contributed by atoms with Crippen LogP contribution in [-0.2, 0) is 22.6 Å². The summed E-state index contributed by atoms with van der Waals surface area (Å²) in [5, 5.41) is 9.81. The van der Waals surface area contributed by atoms with Crippen molar-refractivity contribution in [2.45, 2.75) is 32.8 Å². The largest absolute Gasteiger partial charge is 0.461 e. The lowest BCUT2D eigenvalue weighted by Crippen LogP contribution is -2.10. The van der Waals surface area contributed by atoms with Crippen LogP contribution in [0.1, 0.15) is 42.0 Å². The number of nitriles is 1. The van der Waals surface area contributed by atoms with Gasteiger partial charge in [0.05, 0.1) is 12.0 Å². The molecule has 0 aliphatic carbocycles. The van der Waals surface area contributed by atoms with E-state index in [-0.39, 0.29) is 24.9 Å². The Hall–Kier alpha value is -3.29. The van der Waals surface area contributed by atoms with E-state index in [1.807, 2.05) is 30.3 Å². The van der Waals surface area contributed by atoms with Gasteiger partial charge in [0.1, 0.15) is 24.2 Å². The minimum absolute atomic E-state index is 0.179. The number of halogens is 1. The molecule has 152 valence electrons. The van der Waals surface area contributed by atoms with E-state index in [4.69, 9.17) is 26.3 Å². The molecule has 3 aromatic carbocycles. The zero-order valence-corrected chi connectivity index (χ0v) is 17.6. The Morgan fingerprint density at radius 3 is 2.50 bits per heavy atom. The Balaban J connectivity index is 1.58. The van der Waals surface area contributed by atoms with E-state index >= 15 is 0 Å². The fraction of sp³-hybridized carbons (Fsp3) is 0.200. The van der Waals surface area contributed by atoms with Gasteiger partial charge in [-0.05, 0) is 59.0 Å². The summed E-state index contributed by atoms with van der Waals surface area (Å²) >= 11 is 6.08. The van der Waals surface area contributed by atoms with Gasteiger partial charge < -0.3 is 9.47 Å². The van der Waals surface area contributed by atoms with Crippen molar-refractivity contribution in [1.29, 1.82) is 5.26 Å². The lowest BCUT2D eigenvalue weighted by molar-refractivity contribution is -0.144. The molecule has 0 saturated heterocycles. The molecule has 30 heavy (non-hydrogen) atoms. The summed E-state index contributed by atoms with van der Waals surface area (Å²) in [5.74, 6) is 1.09. The van der Waals surface area contributed by atoms with E-state index in [0.29, 0.717) is 22.1 Å². The van der Waals surface area contributed by atoms with Crippen molar-refractivity contribution >= 4 is 17.6 Å². The molecule has 0 fully saturated rings. The second-order valence-corrected chi connectivity index (χ2v) is 7.63. The minimum atomic E-state index is -0.289. The summed E-state index contributed by atoms with van der Waals surface area (Å²) in [7, 11) is 0. The standard InChI is InChI=1S/C25H22ClNO3/c1-17(2)23-14-21(26)10-9-19(23)13-25(28)29-16-18-7-11-22(12-8-18)30-24-6-4-3-5-20(24)15-27/h3-12,14,17H,13,16H2,1-2H3. The van der Waals surface area contributed by atoms with E-state index < -0.39 is 0 Å². The first kappa shape index (κ1) is 21.4. The van der Waals surface area contributed by atoms with E-state index in [1.54, 1.807) is 36.4 Å². The summed E-state index contributed by atoms with van der Waals surface area (Å²) in [6.07, 6.45) is 0.205. The van der Waals surface area contributed by atoms with Crippen molar-refractivity contribution < 1.29 is 14.3 Å². The number of hydrogen-bond acceptors (Lipinski definition) is 4. The maximum atomic E-state index is 12.3. The van der Waals surface area contributed by atoms with Crippen LogP contribution in [-0.4, -0.2) is 5.97 Å². The molecule has 0 N–H and O–H groups in total. The van der Waals surface area contributed by atoms with Crippen molar-refractivity contribution in [3.8, 4) is 17.6 Å². The van der Waals surface area contributed by atoms with Gasteiger partial charge in [-0.1, -0.05) is 55.8 Å². The summed E-state index contributed by atoms with van der Waals surface area (Å²) in [4.78, 5) is 12.3. The summed E-state index contributed by atoms with van der Waals surface area (Å²) in [6.45, 7) is 4.32. The van der Waals surface area contributed by atoms with Crippen LogP contribution in [0, 0.1) is 11.3 Å². The summed E-state index contributed by atoms with van der Waals surface area (Å²) < 4.78 is 11.2. The number of nitrogens with zero attached hydrogens (tertiary/aromatic N) is 1. The highest BCUT2D eigenvalue weighted by Crippen LogP contribution is 2.26. The third-order valence-electron chi connectivity index (χ3n) is 4.62. The topological polar surface area (TPSA) is 59.3 Å². The zero-order valence-electron chi connectivity index (χ0n) is 16.9. The molecule has 0 aliphatic rings. The highest BCUT2D eigenvalue weighted by Gasteiger charge is 2.13. The SMILES string of the molecule is CC(C)c1cc(Cl)ccc1CC(=O)OCc1ccc(Oc2ccccc2C#N)cc1. The van der Waals surface area contributed by atoms with Crippen LogP contribution in [0.4, 0.5) is 0 Å². The number of carbonyl (C=O) groups excluding carboxylic acids is 1. The van der Waals surface area contributed by atoms with Gasteiger partial charge >= 0.3 is 5.97 Å². The Labute approximate surface area is 181 Å². The Bertz CT molecular complexity index is 1070. The van der Waals surface area contributed by atoms with Gasteiger partial charge in [-0.25, -0.2) is 0 Å². The van der Waals surface area contributed by atoms with Gasteiger partial charge in [-0.15, -0.1) is 0 Å². The molecule has 4 nitrogen and oxygen atoms in total. The van der Waals surface area contributed by atoms with Crippen molar-refractivity contribution in [3.63, 3.8) is 0 Å². The molecule has 0 amide bonds. The van der Waals surface area contributed by atoms with E-state index in [1.165, 1.54) is 0 Å². The number of carbonyl (C=O) groups is 1. The Morgan fingerprint density at radius 2 is 1.80 bits per heavy atom. The number of benzene rings is 3. The van der Waals surface area contributed by atoms with Gasteiger partial charge in [0.25, 0.3) is 0 Å². The van der Waals surface area contributed by atoms with E-state index in [9.17, 15) is 4.79 Å². The smallest absolute Gasteiger partial charge is 0.310 e. The summed E-state index contributed by atoms with van der Waals surface area (Å²) in [5.41, 5.74) is 3.31. The minimum Gasteiger partial charge on any atom is -0.461 e. The first-order valence-electron chi connectivity index (χ1n) is 9.66. The zero-order chi connectivity index (χ0) is 21.5. The molecule has 0 spiro atoms. The van der Waals surface area contributed by atoms with Gasteiger partial charge in [-0.2, -0.15) is 5.26 Å². The molecule has 0 bridgehead atoms. The molecule has 5 heteroatoms. The van der Waals surface area contributed by atoms with E-state index in [2.05, 4.69) is 19.9 Å². The number of rotatable bonds is 7. The predicted molar refractivity (Wildman–Crippen MR) is 117 cm³/mol. The lowest BCUT2D eigenvalue weighted by atomic mass is 9.95. The van der Waals surface area contributed by atoms with Gasteiger partial charge in [0.15, 0.2) is 0 Å². The maximum Gasteiger partial charge on any atom is 0.310 e. The fourth-order valence-electron chi connectivity index (χ4n) is 3.06.